The molecule has 2 atom stereocenters. The number of nitrogens with zero attached hydrogens (tertiary/aromatic N) is 3. The van der Waals surface area contributed by atoms with Gasteiger partial charge >= 0.3 is 6.18 Å². The Hall–Kier alpha value is -2.91. The van der Waals surface area contributed by atoms with Crippen molar-refractivity contribution in [1.82, 2.24) is 19.8 Å². The van der Waals surface area contributed by atoms with Crippen molar-refractivity contribution in [3.8, 4) is 0 Å². The molecule has 0 saturated carbocycles. The van der Waals surface area contributed by atoms with Gasteiger partial charge in [-0.15, -0.1) is 0 Å². The van der Waals surface area contributed by atoms with Gasteiger partial charge in [0.15, 0.2) is 5.15 Å². The van der Waals surface area contributed by atoms with Crippen molar-refractivity contribution in [3.63, 3.8) is 0 Å². The van der Waals surface area contributed by atoms with Crippen molar-refractivity contribution < 1.29 is 22.4 Å². The summed E-state index contributed by atoms with van der Waals surface area (Å²) in [5.41, 5.74) is 0.669. The first-order valence-corrected chi connectivity index (χ1v) is 12.2. The molecule has 0 bridgehead atoms. The van der Waals surface area contributed by atoms with E-state index in [1.54, 1.807) is 7.05 Å². The summed E-state index contributed by atoms with van der Waals surface area (Å²) in [5, 5.41) is 3.05. The van der Waals surface area contributed by atoms with Crippen LogP contribution in [0.25, 0.3) is 0 Å². The summed E-state index contributed by atoms with van der Waals surface area (Å²) >= 11 is 6.59. The van der Waals surface area contributed by atoms with Crippen LogP contribution < -0.4 is 5.32 Å². The van der Waals surface area contributed by atoms with E-state index >= 15 is 0 Å². The Kier molecular flexibility index (Phi) is 7.70. The molecule has 2 heterocycles. The van der Waals surface area contributed by atoms with E-state index < -0.39 is 29.6 Å². The Bertz CT molecular complexity index is 1230. The number of hydrogen-bond acceptors (Lipinski definition) is 3. The molecule has 0 fully saturated rings. The molecule has 0 unspecified atom stereocenters. The quantitative estimate of drug-likeness (QED) is 0.403. The maximum absolute atomic E-state index is 14.7. The number of rotatable bonds is 7. The minimum absolute atomic E-state index is 0.156. The zero-order valence-corrected chi connectivity index (χ0v) is 20.7. The smallest absolute Gasteiger partial charge is 0.358 e. The molecule has 10 heteroatoms. The van der Waals surface area contributed by atoms with E-state index in [1.165, 1.54) is 6.07 Å². The Balaban J connectivity index is 1.73. The van der Waals surface area contributed by atoms with Gasteiger partial charge in [0.1, 0.15) is 17.7 Å². The van der Waals surface area contributed by atoms with Gasteiger partial charge in [0, 0.05) is 26.6 Å². The largest absolute Gasteiger partial charge is 0.416 e. The molecule has 5 nitrogen and oxygen atoms in total. The summed E-state index contributed by atoms with van der Waals surface area (Å²) in [6, 6.07) is 10.9. The van der Waals surface area contributed by atoms with Gasteiger partial charge in [-0.2, -0.15) is 13.2 Å². The number of carbonyl (C=O) groups is 1. The molecule has 3 aromatic rings. The lowest BCUT2D eigenvalue weighted by molar-refractivity contribution is -0.137. The highest BCUT2D eigenvalue weighted by atomic mass is 35.5. The molecule has 0 aliphatic carbocycles. The summed E-state index contributed by atoms with van der Waals surface area (Å²) in [7, 11) is 1.57. The summed E-state index contributed by atoms with van der Waals surface area (Å²) in [6.07, 6.45) is -3.47. The molecule has 1 amide bonds. The molecule has 1 N–H and O–H groups in total. The van der Waals surface area contributed by atoms with Crippen molar-refractivity contribution >= 4 is 17.5 Å². The molecule has 4 rings (SSSR count). The van der Waals surface area contributed by atoms with E-state index in [0.29, 0.717) is 37.2 Å². The highest BCUT2D eigenvalue weighted by molar-refractivity contribution is 6.30. The number of nitrogens with one attached hydrogen (secondary N) is 1. The van der Waals surface area contributed by atoms with Crippen LogP contribution in [0.5, 0.6) is 0 Å². The number of fused-ring (bicyclic) bond motifs is 1. The zero-order valence-electron chi connectivity index (χ0n) is 19.9. The van der Waals surface area contributed by atoms with Crippen LogP contribution in [-0.4, -0.2) is 34.0 Å². The second-order valence-corrected chi connectivity index (χ2v) is 9.09. The van der Waals surface area contributed by atoms with Crippen LogP contribution in [0.1, 0.15) is 53.6 Å². The van der Waals surface area contributed by atoms with Crippen molar-refractivity contribution in [1.29, 1.82) is 0 Å². The van der Waals surface area contributed by atoms with Crippen LogP contribution in [0.15, 0.2) is 48.5 Å². The van der Waals surface area contributed by atoms with Crippen LogP contribution in [0.3, 0.4) is 0 Å². The molecule has 36 heavy (non-hydrogen) atoms. The third kappa shape index (κ3) is 5.13. The maximum Gasteiger partial charge on any atom is 0.416 e. The fourth-order valence-electron chi connectivity index (χ4n) is 4.94. The number of hydrogen-bond donors (Lipinski definition) is 1. The first-order valence-electron chi connectivity index (χ1n) is 11.8. The highest BCUT2D eigenvalue weighted by Gasteiger charge is 2.39. The summed E-state index contributed by atoms with van der Waals surface area (Å²) in [6.45, 7) is 3.06. The molecule has 192 valence electrons. The summed E-state index contributed by atoms with van der Waals surface area (Å²) in [5.74, 6) is -0.296. The number of imidazole rings is 1. The molecule has 0 radical (unpaired) electrons. The van der Waals surface area contributed by atoms with Crippen LogP contribution in [0, 0.1) is 5.82 Å². The number of likely N-dealkylation sites (N-methyl/N-ethyl adjacent to an activating group) is 1. The van der Waals surface area contributed by atoms with E-state index in [0.717, 1.165) is 23.1 Å². The van der Waals surface area contributed by atoms with Crippen LogP contribution in [-0.2, 0) is 30.4 Å². The first kappa shape index (κ1) is 26.2. The molecule has 1 aromatic heterocycles. The third-order valence-corrected chi connectivity index (χ3v) is 6.94. The van der Waals surface area contributed by atoms with Gasteiger partial charge in [-0.25, -0.2) is 9.37 Å². The predicted octanol–water partition coefficient (Wildman–Crippen LogP) is 5.73. The first-order chi connectivity index (χ1) is 17.2. The van der Waals surface area contributed by atoms with Gasteiger partial charge in [-0.3, -0.25) is 9.69 Å². The van der Waals surface area contributed by atoms with Crippen LogP contribution >= 0.6 is 11.6 Å². The number of halogens is 5. The van der Waals surface area contributed by atoms with E-state index in [4.69, 9.17) is 11.6 Å². The number of amides is 1. The van der Waals surface area contributed by atoms with E-state index in [2.05, 4.69) is 10.3 Å². The lowest BCUT2D eigenvalue weighted by atomic mass is 9.95. The fourth-order valence-corrected chi connectivity index (χ4v) is 5.27. The Labute approximate surface area is 212 Å². The van der Waals surface area contributed by atoms with Gasteiger partial charge in [0.05, 0.1) is 17.3 Å². The Morgan fingerprint density at radius 3 is 2.53 bits per heavy atom. The van der Waals surface area contributed by atoms with Gasteiger partial charge in [0.25, 0.3) is 0 Å². The molecule has 0 saturated heterocycles. The fraction of sp³-hybridized carbons (Fsp3) is 0.385. The van der Waals surface area contributed by atoms with Crippen LogP contribution in [0.2, 0.25) is 5.15 Å². The number of benzene rings is 2. The molecular formula is C26H27ClF4N4O. The van der Waals surface area contributed by atoms with Crippen molar-refractivity contribution in [2.75, 3.05) is 13.6 Å². The number of aromatic nitrogens is 2. The Morgan fingerprint density at radius 1 is 1.19 bits per heavy atom. The standard InChI is InChI=1S/C26H27ClF4N4O/c1-3-21-33-24(27)23-20(12-10-16-9-11-18(15-19(16)28)26(29,30)31)34(13-14-35(21)23)22(25(36)32-2)17-7-5-4-6-8-17/h4-9,11,15,20,22H,3,10,12-14H2,1-2H3,(H,32,36)/t20-,22+/m0/s1. The normalized spacial score (nSPS) is 17.0. The third-order valence-electron chi connectivity index (χ3n) is 6.66. The van der Waals surface area contributed by atoms with Gasteiger partial charge in [0.2, 0.25) is 5.91 Å². The lowest BCUT2D eigenvalue weighted by Gasteiger charge is -2.41. The molecule has 1 aliphatic heterocycles. The molecule has 1 aliphatic rings. The average molecular weight is 523 g/mol. The van der Waals surface area contributed by atoms with E-state index in [-0.39, 0.29) is 17.9 Å². The lowest BCUT2D eigenvalue weighted by Crippen LogP contribution is -2.46. The van der Waals surface area contributed by atoms with Crippen molar-refractivity contribution in [3.05, 3.63) is 87.7 Å². The topological polar surface area (TPSA) is 50.2 Å². The maximum atomic E-state index is 14.7. The molecule has 0 spiro atoms. The summed E-state index contributed by atoms with van der Waals surface area (Å²) in [4.78, 5) is 19.6. The second kappa shape index (κ2) is 10.6. The molecular weight excluding hydrogens is 496 g/mol. The van der Waals surface area contributed by atoms with Gasteiger partial charge in [-0.05, 0) is 36.1 Å². The SMILES string of the molecule is CCc1nc(Cl)c2n1CCN([C@@H](C(=O)NC)c1ccccc1)[C@H]2CCc1ccc(C(F)(F)F)cc1F. The monoisotopic (exact) mass is 522 g/mol. The predicted molar refractivity (Wildman–Crippen MR) is 129 cm³/mol. The van der Waals surface area contributed by atoms with Crippen molar-refractivity contribution in [2.24, 2.45) is 0 Å². The number of carbonyl (C=O) groups excluding carboxylic acids is 1. The van der Waals surface area contributed by atoms with Crippen LogP contribution in [0.4, 0.5) is 17.6 Å². The highest BCUT2D eigenvalue weighted by Crippen LogP contribution is 2.41. The average Bonchev–Trinajstić information content (AvgIpc) is 3.19. The van der Waals surface area contributed by atoms with Crippen molar-refractivity contribution in [2.45, 2.75) is 51.0 Å². The Morgan fingerprint density at radius 2 is 1.92 bits per heavy atom. The van der Waals surface area contributed by atoms with E-state index in [1.807, 2.05) is 46.7 Å². The minimum Gasteiger partial charge on any atom is -0.358 e. The zero-order chi connectivity index (χ0) is 26.0. The second-order valence-electron chi connectivity index (χ2n) is 8.73. The minimum atomic E-state index is -4.62. The van der Waals surface area contributed by atoms with Gasteiger partial charge < -0.3 is 9.88 Å². The van der Waals surface area contributed by atoms with Gasteiger partial charge in [-0.1, -0.05) is 54.9 Å². The number of alkyl halides is 3. The van der Waals surface area contributed by atoms with E-state index in [9.17, 15) is 22.4 Å². The number of aryl methyl sites for hydroxylation is 2. The summed E-state index contributed by atoms with van der Waals surface area (Å²) < 4.78 is 55.7. The molecule has 2 aromatic carbocycles.